The minimum Gasteiger partial charge on any atom is -0.481 e. The molecule has 0 fully saturated rings. The number of aromatic nitrogens is 1. The van der Waals surface area contributed by atoms with Crippen LogP contribution < -0.4 is 4.72 Å². The lowest BCUT2D eigenvalue weighted by Crippen LogP contribution is -2.13. The van der Waals surface area contributed by atoms with Crippen molar-refractivity contribution in [1.29, 1.82) is 0 Å². The standard InChI is InChI=1S/C19H18N2O4S/c22-19(23)11-8-15-6-9-18(10-7-15)26(24,25)20-16-4-3-5-17(14-16)21-12-1-2-13-21/h1-7,9-10,12-14,20H,8,11H2,(H,22,23). The van der Waals surface area contributed by atoms with Crippen molar-refractivity contribution >= 4 is 21.7 Å². The first-order valence-electron chi connectivity index (χ1n) is 8.01. The molecule has 7 heteroatoms. The van der Waals surface area contributed by atoms with Crippen LogP contribution in [0, 0.1) is 0 Å². The van der Waals surface area contributed by atoms with Gasteiger partial charge in [0.1, 0.15) is 0 Å². The Morgan fingerprint density at radius 1 is 1.00 bits per heavy atom. The Hall–Kier alpha value is -3.06. The van der Waals surface area contributed by atoms with Crippen LogP contribution in [0.3, 0.4) is 0 Å². The van der Waals surface area contributed by atoms with Gasteiger partial charge >= 0.3 is 5.97 Å². The van der Waals surface area contributed by atoms with E-state index in [-0.39, 0.29) is 11.3 Å². The summed E-state index contributed by atoms with van der Waals surface area (Å²) in [6, 6.07) is 17.1. The van der Waals surface area contributed by atoms with Crippen LogP contribution in [0.15, 0.2) is 78.0 Å². The Balaban J connectivity index is 1.76. The number of carboxylic acid groups (broad SMARTS) is 1. The molecule has 2 N–H and O–H groups in total. The molecule has 0 spiro atoms. The third kappa shape index (κ3) is 4.31. The summed E-state index contributed by atoms with van der Waals surface area (Å²) in [5.41, 5.74) is 2.09. The molecule has 0 amide bonds. The van der Waals surface area contributed by atoms with Gasteiger partial charge in [-0.3, -0.25) is 9.52 Å². The number of carbonyl (C=O) groups is 1. The van der Waals surface area contributed by atoms with Gasteiger partial charge in [0.05, 0.1) is 10.6 Å². The second kappa shape index (κ2) is 7.45. The van der Waals surface area contributed by atoms with E-state index in [0.29, 0.717) is 12.1 Å². The molecule has 3 aromatic rings. The Bertz CT molecular complexity index is 994. The van der Waals surface area contributed by atoms with Crippen molar-refractivity contribution in [2.75, 3.05) is 4.72 Å². The smallest absolute Gasteiger partial charge is 0.303 e. The number of aryl methyl sites for hydroxylation is 1. The molecule has 0 saturated carbocycles. The number of anilines is 1. The molecule has 0 saturated heterocycles. The number of sulfonamides is 1. The molecule has 2 aromatic carbocycles. The average Bonchev–Trinajstić information content (AvgIpc) is 3.15. The van der Waals surface area contributed by atoms with Gasteiger partial charge in [0.2, 0.25) is 0 Å². The van der Waals surface area contributed by atoms with E-state index in [2.05, 4.69) is 4.72 Å². The Kier molecular flexibility index (Phi) is 5.09. The van der Waals surface area contributed by atoms with Gasteiger partial charge in [-0.1, -0.05) is 18.2 Å². The molecular formula is C19H18N2O4S. The van der Waals surface area contributed by atoms with Crippen LogP contribution in [0.2, 0.25) is 0 Å². The molecule has 6 nitrogen and oxygen atoms in total. The summed E-state index contributed by atoms with van der Waals surface area (Å²) >= 11 is 0. The van der Waals surface area contributed by atoms with Gasteiger partial charge < -0.3 is 9.67 Å². The number of carboxylic acids is 1. The molecule has 1 aromatic heterocycles. The molecule has 26 heavy (non-hydrogen) atoms. The van der Waals surface area contributed by atoms with E-state index in [4.69, 9.17) is 5.11 Å². The zero-order valence-electron chi connectivity index (χ0n) is 13.9. The molecule has 0 aliphatic rings. The van der Waals surface area contributed by atoms with E-state index in [1.807, 2.05) is 35.2 Å². The van der Waals surface area contributed by atoms with Crippen molar-refractivity contribution in [3.8, 4) is 5.69 Å². The highest BCUT2D eigenvalue weighted by molar-refractivity contribution is 7.92. The molecule has 1 heterocycles. The van der Waals surface area contributed by atoms with Gasteiger partial charge in [-0.25, -0.2) is 8.42 Å². The highest BCUT2D eigenvalue weighted by atomic mass is 32.2. The molecule has 0 bridgehead atoms. The quantitative estimate of drug-likeness (QED) is 0.668. The number of rotatable bonds is 7. The predicted octanol–water partition coefficient (Wildman–Crippen LogP) is 3.30. The van der Waals surface area contributed by atoms with Crippen LogP contribution in [0.5, 0.6) is 0 Å². The monoisotopic (exact) mass is 370 g/mol. The lowest BCUT2D eigenvalue weighted by molar-refractivity contribution is -0.136. The van der Waals surface area contributed by atoms with Crippen molar-refractivity contribution in [3.63, 3.8) is 0 Å². The fraction of sp³-hybridized carbons (Fsp3) is 0.105. The van der Waals surface area contributed by atoms with Gasteiger partial charge in [0.25, 0.3) is 10.0 Å². The summed E-state index contributed by atoms with van der Waals surface area (Å²) < 4.78 is 29.6. The fourth-order valence-electron chi connectivity index (χ4n) is 2.54. The summed E-state index contributed by atoms with van der Waals surface area (Å²) in [5.74, 6) is -0.883. The number of benzene rings is 2. The number of nitrogens with one attached hydrogen (secondary N) is 1. The van der Waals surface area contributed by atoms with Crippen LogP contribution >= 0.6 is 0 Å². The van der Waals surface area contributed by atoms with E-state index >= 15 is 0 Å². The third-order valence-corrected chi connectivity index (χ3v) is 5.26. The SMILES string of the molecule is O=C(O)CCc1ccc(S(=O)(=O)Nc2cccc(-n3cccc3)c2)cc1. The second-order valence-electron chi connectivity index (χ2n) is 5.78. The van der Waals surface area contributed by atoms with E-state index in [1.165, 1.54) is 12.1 Å². The molecule has 134 valence electrons. The molecule has 3 rings (SSSR count). The zero-order valence-corrected chi connectivity index (χ0v) is 14.7. The highest BCUT2D eigenvalue weighted by Gasteiger charge is 2.14. The number of hydrogen-bond donors (Lipinski definition) is 2. The van der Waals surface area contributed by atoms with Crippen molar-refractivity contribution in [3.05, 3.63) is 78.6 Å². The van der Waals surface area contributed by atoms with Crippen molar-refractivity contribution < 1.29 is 18.3 Å². The van der Waals surface area contributed by atoms with E-state index in [1.54, 1.807) is 30.3 Å². The minimum atomic E-state index is -3.72. The highest BCUT2D eigenvalue weighted by Crippen LogP contribution is 2.20. The fourth-order valence-corrected chi connectivity index (χ4v) is 3.59. The number of hydrogen-bond acceptors (Lipinski definition) is 3. The topological polar surface area (TPSA) is 88.4 Å². The van der Waals surface area contributed by atoms with Gasteiger partial charge in [-0.05, 0) is 54.4 Å². The Morgan fingerprint density at radius 3 is 2.35 bits per heavy atom. The third-order valence-electron chi connectivity index (χ3n) is 3.86. The lowest BCUT2D eigenvalue weighted by Gasteiger charge is -2.10. The maximum absolute atomic E-state index is 12.6. The van der Waals surface area contributed by atoms with Gasteiger partial charge in [-0.2, -0.15) is 0 Å². The first-order chi connectivity index (χ1) is 12.4. The summed E-state index contributed by atoms with van der Waals surface area (Å²) in [5, 5.41) is 8.71. The van der Waals surface area contributed by atoms with Crippen molar-refractivity contribution in [2.24, 2.45) is 0 Å². The Labute approximate surface area is 151 Å². The maximum atomic E-state index is 12.6. The molecule has 0 aliphatic carbocycles. The average molecular weight is 370 g/mol. The van der Waals surface area contributed by atoms with E-state index in [9.17, 15) is 13.2 Å². The minimum absolute atomic E-state index is 0.0104. The molecule has 0 atom stereocenters. The summed E-state index contributed by atoms with van der Waals surface area (Å²) in [4.78, 5) is 10.7. The van der Waals surface area contributed by atoms with Gasteiger partial charge in [0.15, 0.2) is 0 Å². The van der Waals surface area contributed by atoms with E-state index in [0.717, 1.165) is 11.3 Å². The molecule has 0 unspecified atom stereocenters. The molecule has 0 radical (unpaired) electrons. The van der Waals surface area contributed by atoms with Gasteiger partial charge in [0, 0.05) is 24.5 Å². The normalized spacial score (nSPS) is 11.2. The second-order valence-corrected chi connectivity index (χ2v) is 7.47. The summed E-state index contributed by atoms with van der Waals surface area (Å²) in [6.45, 7) is 0. The van der Waals surface area contributed by atoms with Gasteiger partial charge in [-0.15, -0.1) is 0 Å². The summed E-state index contributed by atoms with van der Waals surface area (Å²) in [6.07, 6.45) is 4.13. The van der Waals surface area contributed by atoms with Crippen LogP contribution in [0.1, 0.15) is 12.0 Å². The first kappa shape index (κ1) is 17.8. The largest absolute Gasteiger partial charge is 0.481 e. The maximum Gasteiger partial charge on any atom is 0.303 e. The number of nitrogens with zero attached hydrogens (tertiary/aromatic N) is 1. The van der Waals surface area contributed by atoms with Crippen molar-refractivity contribution in [2.45, 2.75) is 17.7 Å². The Morgan fingerprint density at radius 2 is 1.69 bits per heavy atom. The lowest BCUT2D eigenvalue weighted by atomic mass is 10.1. The molecular weight excluding hydrogens is 352 g/mol. The van der Waals surface area contributed by atoms with Crippen molar-refractivity contribution in [1.82, 2.24) is 4.57 Å². The van der Waals surface area contributed by atoms with Crippen LogP contribution in [0.25, 0.3) is 5.69 Å². The zero-order chi connectivity index (χ0) is 18.6. The molecule has 0 aliphatic heterocycles. The van der Waals surface area contributed by atoms with E-state index < -0.39 is 16.0 Å². The van der Waals surface area contributed by atoms with Crippen LogP contribution in [0.4, 0.5) is 5.69 Å². The van der Waals surface area contributed by atoms with Crippen LogP contribution in [-0.2, 0) is 21.2 Å². The number of aliphatic carboxylic acids is 1. The van der Waals surface area contributed by atoms with Crippen LogP contribution in [-0.4, -0.2) is 24.1 Å². The summed E-state index contributed by atoms with van der Waals surface area (Å²) in [7, 11) is -3.72. The predicted molar refractivity (Wildman–Crippen MR) is 99.0 cm³/mol. The first-order valence-corrected chi connectivity index (χ1v) is 9.49.